The molecule has 0 radical (unpaired) electrons. The predicted octanol–water partition coefficient (Wildman–Crippen LogP) is 3.77. The number of nitrogens with zero attached hydrogens (tertiary/aromatic N) is 5. The van der Waals surface area contributed by atoms with Crippen LogP contribution in [0.3, 0.4) is 0 Å². The molecule has 9 nitrogen and oxygen atoms in total. The summed E-state index contributed by atoms with van der Waals surface area (Å²) in [5.41, 5.74) is 2.96. The summed E-state index contributed by atoms with van der Waals surface area (Å²) >= 11 is 0. The van der Waals surface area contributed by atoms with Crippen molar-refractivity contribution in [3.63, 3.8) is 0 Å². The highest BCUT2D eigenvalue weighted by atomic mass is 16.5. The number of hydrogen-bond donors (Lipinski definition) is 2. The van der Waals surface area contributed by atoms with Gasteiger partial charge in [0.2, 0.25) is 5.95 Å². The van der Waals surface area contributed by atoms with E-state index in [9.17, 15) is 4.79 Å². The zero-order valence-electron chi connectivity index (χ0n) is 20.5. The first-order valence-corrected chi connectivity index (χ1v) is 12.5. The van der Waals surface area contributed by atoms with Gasteiger partial charge in [-0.15, -0.1) is 0 Å². The molecule has 1 aliphatic heterocycles. The molecule has 0 unspecified atom stereocenters. The van der Waals surface area contributed by atoms with E-state index < -0.39 is 0 Å². The molecule has 2 aliphatic rings. The summed E-state index contributed by atoms with van der Waals surface area (Å²) in [6, 6.07) is 4.11. The number of aryl methyl sites for hydroxylation is 1. The summed E-state index contributed by atoms with van der Waals surface area (Å²) in [6.45, 7) is 12.2. The molecule has 35 heavy (non-hydrogen) atoms. The molecule has 0 amide bonds. The van der Waals surface area contributed by atoms with Crippen molar-refractivity contribution in [2.45, 2.75) is 45.6 Å². The van der Waals surface area contributed by atoms with Crippen molar-refractivity contribution in [1.82, 2.24) is 24.8 Å². The van der Waals surface area contributed by atoms with Crippen molar-refractivity contribution in [1.29, 1.82) is 0 Å². The van der Waals surface area contributed by atoms with E-state index in [0.29, 0.717) is 35.3 Å². The van der Waals surface area contributed by atoms with E-state index in [1.165, 1.54) is 0 Å². The Hall–Kier alpha value is -3.46. The quantitative estimate of drug-likeness (QED) is 0.499. The topological polar surface area (TPSA) is 97.2 Å². The highest BCUT2D eigenvalue weighted by Crippen LogP contribution is 2.33. The Morgan fingerprint density at radius 3 is 2.66 bits per heavy atom. The molecule has 3 aromatic rings. The van der Waals surface area contributed by atoms with Gasteiger partial charge in [-0.25, -0.2) is 9.97 Å². The lowest BCUT2D eigenvalue weighted by Gasteiger charge is -2.29. The number of hydrogen-bond acceptors (Lipinski definition) is 8. The summed E-state index contributed by atoms with van der Waals surface area (Å²) in [4.78, 5) is 29.9. The average molecular weight is 476 g/mol. The van der Waals surface area contributed by atoms with Crippen LogP contribution in [0.4, 0.5) is 17.5 Å². The van der Waals surface area contributed by atoms with Crippen LogP contribution < -0.4 is 21.1 Å². The second-order valence-electron chi connectivity index (χ2n) is 9.16. The van der Waals surface area contributed by atoms with Gasteiger partial charge in [-0.3, -0.25) is 9.36 Å². The third kappa shape index (κ3) is 4.60. The second-order valence-corrected chi connectivity index (χ2v) is 9.16. The molecule has 1 saturated carbocycles. The predicted molar refractivity (Wildman–Crippen MR) is 139 cm³/mol. The van der Waals surface area contributed by atoms with Crippen LogP contribution in [0, 0.1) is 6.92 Å². The van der Waals surface area contributed by atoms with Crippen LogP contribution in [-0.4, -0.2) is 52.3 Å². The van der Waals surface area contributed by atoms with E-state index in [0.717, 1.165) is 68.5 Å². The minimum Gasteiger partial charge on any atom is -0.494 e. The number of ether oxygens (including phenoxy) is 1. The molecule has 0 bridgehead atoms. The lowest BCUT2D eigenvalue weighted by atomic mass is 10.0. The van der Waals surface area contributed by atoms with E-state index in [1.54, 1.807) is 6.20 Å². The van der Waals surface area contributed by atoms with Crippen LogP contribution in [0.5, 0.6) is 0 Å². The molecule has 2 N–H and O–H groups in total. The first-order valence-electron chi connectivity index (χ1n) is 12.5. The van der Waals surface area contributed by atoms with Crippen LogP contribution in [0.1, 0.15) is 49.8 Å². The van der Waals surface area contributed by atoms with E-state index in [1.807, 2.05) is 30.7 Å². The van der Waals surface area contributed by atoms with Gasteiger partial charge in [0.05, 0.1) is 24.1 Å². The maximum Gasteiger partial charge on any atom is 0.263 e. The number of fused-ring (bicyclic) bond motifs is 1. The Morgan fingerprint density at radius 2 is 1.97 bits per heavy atom. The van der Waals surface area contributed by atoms with Crippen molar-refractivity contribution in [3.05, 3.63) is 52.6 Å². The minimum atomic E-state index is -0.0940. The fourth-order valence-electron chi connectivity index (χ4n) is 5.15. The highest BCUT2D eigenvalue weighted by molar-refractivity contribution is 5.84. The Balaban J connectivity index is 1.51. The lowest BCUT2D eigenvalue weighted by Crippen LogP contribution is -2.43. The standard InChI is InChI=1S/C26H33N7O2/c1-4-35-18(3)23-17(2)21-16-29-26(31-24(21)33(25(23)34)19-7-5-6-8-19)30-22-10-9-20(15-28-22)32-13-11-27-12-14-32/h9-10,15-16,19,27H,3-8,11-14H2,1-2H3,(H,28,29,30,31). The lowest BCUT2D eigenvalue weighted by molar-refractivity contribution is 0.298. The maximum absolute atomic E-state index is 13.7. The first-order chi connectivity index (χ1) is 17.1. The van der Waals surface area contributed by atoms with Crippen LogP contribution >= 0.6 is 0 Å². The summed E-state index contributed by atoms with van der Waals surface area (Å²) in [6.07, 6.45) is 7.78. The molecule has 1 aliphatic carbocycles. The summed E-state index contributed by atoms with van der Waals surface area (Å²) in [5, 5.41) is 7.42. The van der Waals surface area contributed by atoms with Crippen LogP contribution in [0.2, 0.25) is 0 Å². The number of pyridine rings is 2. The summed E-state index contributed by atoms with van der Waals surface area (Å²) < 4.78 is 7.47. The minimum absolute atomic E-state index is 0.0940. The Kier molecular flexibility index (Phi) is 6.68. The molecule has 9 heteroatoms. The van der Waals surface area contributed by atoms with Crippen LogP contribution in [0.25, 0.3) is 16.8 Å². The van der Waals surface area contributed by atoms with E-state index >= 15 is 0 Å². The summed E-state index contributed by atoms with van der Waals surface area (Å²) in [5.74, 6) is 1.48. The molecule has 0 spiro atoms. The molecular formula is C26H33N7O2. The monoisotopic (exact) mass is 475 g/mol. The molecule has 1 saturated heterocycles. The number of piperazine rings is 1. The first kappa shape index (κ1) is 23.3. The van der Waals surface area contributed by atoms with Gasteiger partial charge < -0.3 is 20.3 Å². The van der Waals surface area contributed by atoms with Crippen LogP contribution in [0.15, 0.2) is 35.9 Å². The molecule has 184 valence electrons. The largest absolute Gasteiger partial charge is 0.494 e. The molecule has 3 aromatic heterocycles. The smallest absolute Gasteiger partial charge is 0.263 e. The second kappa shape index (κ2) is 10.0. The highest BCUT2D eigenvalue weighted by Gasteiger charge is 2.26. The number of aromatic nitrogens is 4. The molecule has 0 atom stereocenters. The molecular weight excluding hydrogens is 442 g/mol. The third-order valence-corrected chi connectivity index (χ3v) is 6.97. The zero-order valence-corrected chi connectivity index (χ0v) is 20.5. The number of nitrogens with one attached hydrogen (secondary N) is 2. The molecule has 0 aromatic carbocycles. The summed E-state index contributed by atoms with van der Waals surface area (Å²) in [7, 11) is 0. The van der Waals surface area contributed by atoms with E-state index in [2.05, 4.69) is 38.1 Å². The van der Waals surface area contributed by atoms with E-state index in [4.69, 9.17) is 9.72 Å². The van der Waals surface area contributed by atoms with Gasteiger partial charge in [0.1, 0.15) is 17.2 Å². The Morgan fingerprint density at radius 1 is 1.20 bits per heavy atom. The maximum atomic E-state index is 13.7. The Labute approximate surface area is 205 Å². The van der Waals surface area contributed by atoms with Crippen molar-refractivity contribution in [2.24, 2.45) is 0 Å². The van der Waals surface area contributed by atoms with Gasteiger partial charge in [0.15, 0.2) is 0 Å². The van der Waals surface area contributed by atoms with Crippen molar-refractivity contribution >= 4 is 34.2 Å². The van der Waals surface area contributed by atoms with Gasteiger partial charge in [-0.05, 0) is 44.4 Å². The van der Waals surface area contributed by atoms with Crippen molar-refractivity contribution in [2.75, 3.05) is 43.0 Å². The third-order valence-electron chi connectivity index (χ3n) is 6.97. The number of rotatable bonds is 7. The van der Waals surface area contributed by atoms with Crippen molar-refractivity contribution in [3.8, 4) is 0 Å². The zero-order chi connectivity index (χ0) is 24.4. The van der Waals surface area contributed by atoms with Crippen molar-refractivity contribution < 1.29 is 4.74 Å². The van der Waals surface area contributed by atoms with Gasteiger partial charge in [0.25, 0.3) is 5.56 Å². The molecule has 2 fully saturated rings. The van der Waals surface area contributed by atoms with Gasteiger partial charge >= 0.3 is 0 Å². The fourth-order valence-corrected chi connectivity index (χ4v) is 5.15. The SMILES string of the molecule is C=C(OCC)c1c(C)c2cnc(Nc3ccc(N4CCNCC4)cn3)nc2n(C2CCCC2)c1=O. The van der Waals surface area contributed by atoms with Gasteiger partial charge in [0, 0.05) is 43.8 Å². The fraction of sp³-hybridized carbons (Fsp3) is 0.462. The Bertz CT molecular complexity index is 1270. The van der Waals surface area contributed by atoms with Gasteiger partial charge in [-0.2, -0.15) is 4.98 Å². The van der Waals surface area contributed by atoms with Crippen LogP contribution in [-0.2, 0) is 4.74 Å². The average Bonchev–Trinajstić information content (AvgIpc) is 3.40. The molecule has 4 heterocycles. The molecule has 5 rings (SSSR count). The van der Waals surface area contributed by atoms with E-state index in [-0.39, 0.29) is 11.6 Å². The normalized spacial score (nSPS) is 16.6. The van der Waals surface area contributed by atoms with Gasteiger partial charge in [-0.1, -0.05) is 19.4 Å². The number of anilines is 3.